The number of rotatable bonds is 0. The van der Waals surface area contributed by atoms with E-state index in [1.807, 2.05) is 6.08 Å². The molecule has 17 heavy (non-hydrogen) atoms. The summed E-state index contributed by atoms with van der Waals surface area (Å²) in [5.41, 5.74) is 7.67. The minimum Gasteiger partial charge on any atom is -0.449 e. The van der Waals surface area contributed by atoms with Crippen molar-refractivity contribution in [3.05, 3.63) is 23.4 Å². The van der Waals surface area contributed by atoms with E-state index in [1.54, 1.807) is 6.08 Å². The standard InChI is InChI=1S/C13H16N2O2/c14-9-5-8-6-12(16)17-13(8)7-10(9)15-4-2-1-3-11(13)15/h5-6,10-11H,1-4,7,14H2/t10-,11+,13-/m0/s1. The van der Waals surface area contributed by atoms with Crippen LogP contribution in [-0.2, 0) is 9.53 Å². The molecule has 2 bridgehead atoms. The van der Waals surface area contributed by atoms with E-state index in [4.69, 9.17) is 10.5 Å². The van der Waals surface area contributed by atoms with Gasteiger partial charge in [-0.3, -0.25) is 4.90 Å². The second-order valence-corrected chi connectivity index (χ2v) is 5.52. The van der Waals surface area contributed by atoms with E-state index in [2.05, 4.69) is 4.90 Å². The minimum atomic E-state index is -0.370. The SMILES string of the molecule is NC1=CC2=CC(=O)O[C@@]23C[C@@H]1N1CCCC[C@@H]13. The van der Waals surface area contributed by atoms with Gasteiger partial charge in [0.2, 0.25) is 0 Å². The van der Waals surface area contributed by atoms with Gasteiger partial charge in [0.25, 0.3) is 0 Å². The van der Waals surface area contributed by atoms with Gasteiger partial charge in [0.15, 0.2) is 5.60 Å². The lowest BCUT2D eigenvalue weighted by molar-refractivity contribution is -0.148. The van der Waals surface area contributed by atoms with Crippen molar-refractivity contribution >= 4 is 5.97 Å². The van der Waals surface area contributed by atoms with Gasteiger partial charge in [0, 0.05) is 23.8 Å². The fourth-order valence-corrected chi connectivity index (χ4v) is 4.05. The minimum absolute atomic E-state index is 0.197. The third-order valence-corrected chi connectivity index (χ3v) is 4.73. The first-order chi connectivity index (χ1) is 8.21. The molecule has 2 saturated heterocycles. The number of hydrogen-bond donors (Lipinski definition) is 1. The van der Waals surface area contributed by atoms with Crippen LogP contribution in [0.2, 0.25) is 0 Å². The predicted octanol–water partition coefficient (Wildman–Crippen LogP) is 0.691. The Morgan fingerprint density at radius 2 is 2.29 bits per heavy atom. The molecular formula is C13H16N2O2. The summed E-state index contributed by atoms with van der Waals surface area (Å²) in [5, 5.41) is 0. The summed E-state index contributed by atoms with van der Waals surface area (Å²) in [5.74, 6) is -0.197. The monoisotopic (exact) mass is 232 g/mol. The Labute approximate surface area is 100 Å². The van der Waals surface area contributed by atoms with Crippen molar-refractivity contribution in [3.63, 3.8) is 0 Å². The van der Waals surface area contributed by atoms with E-state index < -0.39 is 0 Å². The summed E-state index contributed by atoms with van der Waals surface area (Å²) in [6, 6.07) is 0.625. The van der Waals surface area contributed by atoms with Crippen LogP contribution in [0.1, 0.15) is 25.7 Å². The second kappa shape index (κ2) is 2.93. The molecule has 0 aromatic rings. The van der Waals surface area contributed by atoms with Crippen molar-refractivity contribution in [2.45, 2.75) is 43.4 Å². The van der Waals surface area contributed by atoms with Crippen LogP contribution in [0.3, 0.4) is 0 Å². The molecule has 4 rings (SSSR count). The van der Waals surface area contributed by atoms with Gasteiger partial charge >= 0.3 is 5.97 Å². The molecule has 0 radical (unpaired) electrons. The second-order valence-electron chi connectivity index (χ2n) is 5.52. The van der Waals surface area contributed by atoms with Crippen LogP contribution in [0.5, 0.6) is 0 Å². The number of fused-ring (bicyclic) bond motifs is 3. The predicted molar refractivity (Wildman–Crippen MR) is 61.9 cm³/mol. The fourth-order valence-electron chi connectivity index (χ4n) is 4.05. The van der Waals surface area contributed by atoms with Gasteiger partial charge in [-0.05, 0) is 25.5 Å². The van der Waals surface area contributed by atoms with Crippen LogP contribution >= 0.6 is 0 Å². The van der Waals surface area contributed by atoms with Crippen molar-refractivity contribution in [1.82, 2.24) is 4.90 Å². The van der Waals surface area contributed by atoms with E-state index in [0.29, 0.717) is 6.04 Å². The molecule has 3 atom stereocenters. The Balaban J connectivity index is 1.87. The lowest BCUT2D eigenvalue weighted by Crippen LogP contribution is -2.48. The molecule has 90 valence electrons. The quantitative estimate of drug-likeness (QED) is 0.624. The maximum absolute atomic E-state index is 11.6. The fraction of sp³-hybridized carbons (Fsp3) is 0.615. The molecule has 0 saturated carbocycles. The van der Waals surface area contributed by atoms with Crippen LogP contribution in [0.15, 0.2) is 23.4 Å². The largest absolute Gasteiger partial charge is 0.449 e. The van der Waals surface area contributed by atoms with Crippen LogP contribution < -0.4 is 5.73 Å². The molecule has 1 spiro atoms. The summed E-state index contributed by atoms with van der Waals surface area (Å²) in [7, 11) is 0. The highest BCUT2D eigenvalue weighted by Crippen LogP contribution is 2.52. The van der Waals surface area contributed by atoms with E-state index in [9.17, 15) is 4.79 Å². The zero-order chi connectivity index (χ0) is 11.6. The molecule has 0 unspecified atom stereocenters. The van der Waals surface area contributed by atoms with Crippen molar-refractivity contribution in [3.8, 4) is 0 Å². The molecule has 4 heteroatoms. The van der Waals surface area contributed by atoms with E-state index >= 15 is 0 Å². The Bertz CT molecular complexity index is 468. The van der Waals surface area contributed by atoms with Gasteiger partial charge in [0.1, 0.15) is 0 Å². The summed E-state index contributed by atoms with van der Waals surface area (Å²) >= 11 is 0. The molecule has 3 heterocycles. The number of hydrogen-bond acceptors (Lipinski definition) is 4. The number of ether oxygens (including phenoxy) is 1. The van der Waals surface area contributed by atoms with Crippen LogP contribution in [-0.4, -0.2) is 35.1 Å². The highest BCUT2D eigenvalue weighted by atomic mass is 16.6. The van der Waals surface area contributed by atoms with Crippen molar-refractivity contribution in [1.29, 1.82) is 0 Å². The number of carbonyl (C=O) groups excluding carboxylic acids is 1. The highest BCUT2D eigenvalue weighted by molar-refractivity contribution is 5.88. The molecule has 0 amide bonds. The van der Waals surface area contributed by atoms with E-state index in [1.165, 1.54) is 12.8 Å². The molecule has 2 fully saturated rings. The van der Waals surface area contributed by atoms with Crippen LogP contribution in [0, 0.1) is 0 Å². The zero-order valence-electron chi connectivity index (χ0n) is 9.69. The van der Waals surface area contributed by atoms with Crippen molar-refractivity contribution in [2.75, 3.05) is 6.54 Å². The average Bonchev–Trinajstić information content (AvgIpc) is 2.79. The summed E-state index contributed by atoms with van der Waals surface area (Å²) in [6.07, 6.45) is 8.02. The number of nitrogens with two attached hydrogens (primary N) is 1. The Hall–Kier alpha value is -1.29. The molecule has 4 nitrogen and oxygen atoms in total. The number of piperidine rings is 1. The van der Waals surface area contributed by atoms with Crippen LogP contribution in [0.25, 0.3) is 0 Å². The molecule has 0 aromatic heterocycles. The third kappa shape index (κ3) is 1.04. The van der Waals surface area contributed by atoms with Gasteiger partial charge in [0.05, 0.1) is 12.1 Å². The summed E-state index contributed by atoms with van der Waals surface area (Å²) in [4.78, 5) is 14.0. The first-order valence-corrected chi connectivity index (χ1v) is 6.39. The molecule has 2 N–H and O–H groups in total. The number of esters is 1. The Morgan fingerprint density at radius 1 is 1.41 bits per heavy atom. The average molecular weight is 232 g/mol. The topological polar surface area (TPSA) is 55.6 Å². The normalized spacial score (nSPS) is 43.6. The molecule has 1 aliphatic carbocycles. The highest BCUT2D eigenvalue weighted by Gasteiger charge is 2.61. The number of carbonyl (C=O) groups is 1. The van der Waals surface area contributed by atoms with E-state index in [0.717, 1.165) is 30.7 Å². The molecular weight excluding hydrogens is 216 g/mol. The zero-order valence-corrected chi connectivity index (χ0v) is 9.69. The molecule has 3 aliphatic heterocycles. The van der Waals surface area contributed by atoms with Crippen molar-refractivity contribution < 1.29 is 9.53 Å². The molecule has 0 aromatic carbocycles. The lowest BCUT2D eigenvalue weighted by Gasteiger charge is -2.37. The summed E-state index contributed by atoms with van der Waals surface area (Å²) in [6.45, 7) is 1.08. The van der Waals surface area contributed by atoms with Gasteiger partial charge in [-0.15, -0.1) is 0 Å². The maximum atomic E-state index is 11.6. The van der Waals surface area contributed by atoms with Gasteiger partial charge in [-0.2, -0.15) is 0 Å². The van der Waals surface area contributed by atoms with E-state index in [-0.39, 0.29) is 17.6 Å². The van der Waals surface area contributed by atoms with Gasteiger partial charge < -0.3 is 10.5 Å². The van der Waals surface area contributed by atoms with Gasteiger partial charge in [-0.1, -0.05) is 6.42 Å². The smallest absolute Gasteiger partial charge is 0.332 e. The van der Waals surface area contributed by atoms with Crippen molar-refractivity contribution in [2.24, 2.45) is 5.73 Å². The first-order valence-electron chi connectivity index (χ1n) is 6.39. The maximum Gasteiger partial charge on any atom is 0.332 e. The summed E-state index contributed by atoms with van der Waals surface area (Å²) < 4.78 is 5.69. The number of nitrogens with zero attached hydrogens (tertiary/aromatic N) is 1. The first kappa shape index (κ1) is 9.71. The lowest BCUT2D eigenvalue weighted by atomic mass is 9.80. The Kier molecular flexibility index (Phi) is 1.67. The van der Waals surface area contributed by atoms with Gasteiger partial charge in [-0.25, -0.2) is 4.79 Å². The third-order valence-electron chi connectivity index (χ3n) is 4.73. The Morgan fingerprint density at radius 3 is 3.18 bits per heavy atom. The van der Waals surface area contributed by atoms with Crippen LogP contribution in [0.4, 0.5) is 0 Å². The molecule has 4 aliphatic rings.